The van der Waals surface area contributed by atoms with E-state index in [4.69, 9.17) is 4.74 Å². The lowest BCUT2D eigenvalue weighted by Gasteiger charge is -2.25. The van der Waals surface area contributed by atoms with Gasteiger partial charge in [-0.25, -0.2) is 4.98 Å². The van der Waals surface area contributed by atoms with Gasteiger partial charge in [-0.05, 0) is 32.3 Å². The number of pyridine rings is 1. The van der Waals surface area contributed by atoms with Crippen molar-refractivity contribution < 1.29 is 4.74 Å². The summed E-state index contributed by atoms with van der Waals surface area (Å²) in [6.07, 6.45) is 4.11. The van der Waals surface area contributed by atoms with Crippen LogP contribution in [-0.2, 0) is 0 Å². The lowest BCUT2D eigenvalue weighted by Crippen LogP contribution is -2.24. The molecule has 0 bridgehead atoms. The van der Waals surface area contributed by atoms with E-state index in [1.165, 1.54) is 19.3 Å². The minimum absolute atomic E-state index is 0.430. The quantitative estimate of drug-likeness (QED) is 0.667. The second-order valence-corrected chi connectivity index (χ2v) is 3.29. The number of ether oxygens (including phenoxy) is 1. The zero-order valence-corrected chi connectivity index (χ0v) is 7.29. The van der Waals surface area contributed by atoms with E-state index in [9.17, 15) is 0 Å². The Morgan fingerprint density at radius 2 is 2.25 bits per heavy atom. The van der Waals surface area contributed by atoms with Crippen molar-refractivity contribution >= 4 is 0 Å². The topological polar surface area (TPSA) is 22.1 Å². The van der Waals surface area contributed by atoms with Crippen LogP contribution < -0.4 is 4.74 Å². The van der Waals surface area contributed by atoms with E-state index in [1.807, 2.05) is 25.1 Å². The Morgan fingerprint density at radius 1 is 1.42 bits per heavy atom. The predicted molar refractivity (Wildman–Crippen MR) is 47.2 cm³/mol. The van der Waals surface area contributed by atoms with Gasteiger partial charge in [0.2, 0.25) is 5.88 Å². The first kappa shape index (κ1) is 7.59. The zero-order valence-electron chi connectivity index (χ0n) is 7.29. The number of aryl methyl sites for hydroxylation is 1. The lowest BCUT2D eigenvalue weighted by atomic mass is 9.96. The van der Waals surface area contributed by atoms with Crippen LogP contribution in [0.3, 0.4) is 0 Å². The van der Waals surface area contributed by atoms with Crippen LogP contribution in [0.2, 0.25) is 0 Å². The maximum Gasteiger partial charge on any atom is 0.213 e. The summed E-state index contributed by atoms with van der Waals surface area (Å²) in [6, 6.07) is 5.88. The molecule has 2 rings (SSSR count). The molecule has 1 aliphatic carbocycles. The highest BCUT2D eigenvalue weighted by molar-refractivity contribution is 5.15. The Labute approximate surface area is 72.6 Å². The second kappa shape index (κ2) is 3.13. The van der Waals surface area contributed by atoms with E-state index >= 15 is 0 Å². The maximum atomic E-state index is 5.62. The summed E-state index contributed by atoms with van der Waals surface area (Å²) in [5, 5.41) is 0. The van der Waals surface area contributed by atoms with Gasteiger partial charge in [-0.2, -0.15) is 0 Å². The van der Waals surface area contributed by atoms with Crippen LogP contribution in [0.25, 0.3) is 0 Å². The summed E-state index contributed by atoms with van der Waals surface area (Å²) >= 11 is 0. The maximum absolute atomic E-state index is 5.62. The summed E-state index contributed by atoms with van der Waals surface area (Å²) in [5.41, 5.74) is 1.02. The minimum Gasteiger partial charge on any atom is -0.474 e. The Morgan fingerprint density at radius 3 is 2.83 bits per heavy atom. The van der Waals surface area contributed by atoms with E-state index in [1.54, 1.807) is 0 Å². The van der Waals surface area contributed by atoms with Crippen LogP contribution in [0, 0.1) is 6.92 Å². The Hall–Kier alpha value is -1.05. The smallest absolute Gasteiger partial charge is 0.213 e. The molecule has 12 heavy (non-hydrogen) atoms. The van der Waals surface area contributed by atoms with E-state index in [0.29, 0.717) is 6.10 Å². The molecule has 0 saturated heterocycles. The average molecular weight is 163 g/mol. The third kappa shape index (κ3) is 1.58. The van der Waals surface area contributed by atoms with Crippen LogP contribution >= 0.6 is 0 Å². The molecular weight excluding hydrogens is 150 g/mol. The largest absolute Gasteiger partial charge is 0.474 e. The minimum atomic E-state index is 0.430. The van der Waals surface area contributed by atoms with Gasteiger partial charge in [-0.15, -0.1) is 0 Å². The molecule has 2 nitrogen and oxygen atoms in total. The number of hydrogen-bond acceptors (Lipinski definition) is 2. The van der Waals surface area contributed by atoms with E-state index in [0.717, 1.165) is 11.6 Å². The fourth-order valence-corrected chi connectivity index (χ4v) is 1.24. The molecule has 0 unspecified atom stereocenters. The summed E-state index contributed by atoms with van der Waals surface area (Å²) in [6.45, 7) is 1.98. The van der Waals surface area contributed by atoms with Gasteiger partial charge in [0.05, 0.1) is 0 Å². The van der Waals surface area contributed by atoms with Crippen molar-refractivity contribution in [3.8, 4) is 5.88 Å². The van der Waals surface area contributed by atoms with Gasteiger partial charge >= 0.3 is 0 Å². The first-order chi connectivity index (χ1) is 5.84. The molecule has 2 heteroatoms. The zero-order chi connectivity index (χ0) is 8.39. The molecule has 1 saturated carbocycles. The SMILES string of the molecule is Cc1cccc(OC2CCC2)n1. The molecule has 0 amide bonds. The van der Waals surface area contributed by atoms with Crippen LogP contribution in [0.15, 0.2) is 18.2 Å². The van der Waals surface area contributed by atoms with Crippen molar-refractivity contribution in [1.82, 2.24) is 4.98 Å². The van der Waals surface area contributed by atoms with Crippen molar-refractivity contribution in [2.24, 2.45) is 0 Å². The molecule has 64 valence electrons. The fourth-order valence-electron chi connectivity index (χ4n) is 1.24. The Balaban J connectivity index is 2.02. The number of aromatic nitrogens is 1. The molecule has 1 aromatic rings. The highest BCUT2D eigenvalue weighted by Crippen LogP contribution is 2.23. The number of nitrogens with zero attached hydrogens (tertiary/aromatic N) is 1. The summed E-state index contributed by atoms with van der Waals surface area (Å²) in [7, 11) is 0. The van der Waals surface area contributed by atoms with Gasteiger partial charge in [0, 0.05) is 11.8 Å². The molecule has 1 fully saturated rings. The van der Waals surface area contributed by atoms with Gasteiger partial charge < -0.3 is 4.74 Å². The molecule has 0 N–H and O–H groups in total. The van der Waals surface area contributed by atoms with E-state index in [2.05, 4.69) is 4.98 Å². The van der Waals surface area contributed by atoms with Crippen molar-refractivity contribution in [2.45, 2.75) is 32.3 Å². The molecule has 1 aliphatic rings. The fraction of sp³-hybridized carbons (Fsp3) is 0.500. The van der Waals surface area contributed by atoms with Crippen molar-refractivity contribution in [3.05, 3.63) is 23.9 Å². The van der Waals surface area contributed by atoms with Gasteiger partial charge in [-0.1, -0.05) is 6.07 Å². The van der Waals surface area contributed by atoms with Crippen molar-refractivity contribution in [1.29, 1.82) is 0 Å². The van der Waals surface area contributed by atoms with Crippen LogP contribution in [0.5, 0.6) is 5.88 Å². The predicted octanol–water partition coefficient (Wildman–Crippen LogP) is 2.32. The van der Waals surface area contributed by atoms with E-state index < -0.39 is 0 Å². The average Bonchev–Trinajstić information content (AvgIpc) is 1.97. The third-order valence-electron chi connectivity index (χ3n) is 2.20. The molecule has 0 atom stereocenters. The van der Waals surface area contributed by atoms with Crippen molar-refractivity contribution in [3.63, 3.8) is 0 Å². The van der Waals surface area contributed by atoms with Gasteiger partial charge in [0.1, 0.15) is 6.10 Å². The van der Waals surface area contributed by atoms with Crippen LogP contribution in [0.1, 0.15) is 25.0 Å². The standard InChI is InChI=1S/C10H13NO/c1-8-4-2-7-10(11-8)12-9-5-3-6-9/h2,4,7,9H,3,5-6H2,1H3. The highest BCUT2D eigenvalue weighted by atomic mass is 16.5. The third-order valence-corrected chi connectivity index (χ3v) is 2.20. The number of hydrogen-bond donors (Lipinski definition) is 0. The molecule has 0 radical (unpaired) electrons. The lowest BCUT2D eigenvalue weighted by molar-refractivity contribution is 0.114. The Kier molecular flexibility index (Phi) is 1.98. The normalized spacial score (nSPS) is 17.1. The summed E-state index contributed by atoms with van der Waals surface area (Å²) in [5.74, 6) is 0.778. The van der Waals surface area contributed by atoms with Gasteiger partial charge in [-0.3, -0.25) is 0 Å². The molecule has 0 aromatic carbocycles. The second-order valence-electron chi connectivity index (χ2n) is 3.29. The first-order valence-electron chi connectivity index (χ1n) is 4.45. The molecular formula is C10H13NO. The van der Waals surface area contributed by atoms with Crippen LogP contribution in [-0.4, -0.2) is 11.1 Å². The van der Waals surface area contributed by atoms with E-state index in [-0.39, 0.29) is 0 Å². The van der Waals surface area contributed by atoms with Crippen LogP contribution in [0.4, 0.5) is 0 Å². The highest BCUT2D eigenvalue weighted by Gasteiger charge is 2.19. The molecule has 0 spiro atoms. The van der Waals surface area contributed by atoms with Crippen molar-refractivity contribution in [2.75, 3.05) is 0 Å². The molecule has 1 aromatic heterocycles. The number of rotatable bonds is 2. The first-order valence-corrected chi connectivity index (χ1v) is 4.45. The monoisotopic (exact) mass is 163 g/mol. The molecule has 0 aliphatic heterocycles. The summed E-state index contributed by atoms with van der Waals surface area (Å²) < 4.78 is 5.62. The summed E-state index contributed by atoms with van der Waals surface area (Å²) in [4.78, 5) is 4.27. The Bertz CT molecular complexity index is 268. The van der Waals surface area contributed by atoms with Gasteiger partial charge in [0.25, 0.3) is 0 Å². The molecule has 1 heterocycles. The van der Waals surface area contributed by atoms with Gasteiger partial charge in [0.15, 0.2) is 0 Å².